The summed E-state index contributed by atoms with van der Waals surface area (Å²) in [7, 11) is 1.44. The molecule has 0 unspecified atom stereocenters. The number of rotatable bonds is 4. The van der Waals surface area contributed by atoms with Crippen molar-refractivity contribution in [2.45, 2.75) is 20.4 Å². The van der Waals surface area contributed by atoms with Gasteiger partial charge in [-0.25, -0.2) is 19.3 Å². The Hall–Kier alpha value is -2.51. The van der Waals surface area contributed by atoms with Crippen molar-refractivity contribution in [2.75, 3.05) is 12.4 Å². The Bertz CT molecular complexity index is 1180. The molecule has 0 radical (unpaired) electrons. The summed E-state index contributed by atoms with van der Waals surface area (Å²) in [6.45, 7) is 4.24. The van der Waals surface area contributed by atoms with Gasteiger partial charge < -0.3 is 10.1 Å². The predicted molar refractivity (Wildman–Crippen MR) is 107 cm³/mol. The van der Waals surface area contributed by atoms with Crippen LogP contribution in [-0.4, -0.2) is 22.1 Å². The Morgan fingerprint density at radius 1 is 1.22 bits per heavy atom. The normalized spacial score (nSPS) is 11.3. The van der Waals surface area contributed by atoms with Crippen molar-refractivity contribution < 1.29 is 9.13 Å². The first-order valence-electron chi connectivity index (χ1n) is 8.26. The van der Waals surface area contributed by atoms with Crippen molar-refractivity contribution in [1.82, 2.24) is 15.0 Å². The van der Waals surface area contributed by atoms with E-state index in [9.17, 15) is 4.39 Å². The van der Waals surface area contributed by atoms with Crippen molar-refractivity contribution in [1.29, 1.82) is 0 Å². The molecule has 0 aliphatic carbocycles. The molecule has 4 rings (SSSR count). The minimum absolute atomic E-state index is 0.222. The molecule has 0 aliphatic rings. The van der Waals surface area contributed by atoms with E-state index in [1.807, 2.05) is 19.9 Å². The molecule has 0 fully saturated rings. The van der Waals surface area contributed by atoms with Gasteiger partial charge in [0.2, 0.25) is 0 Å². The number of nitrogens with zero attached hydrogens (tertiary/aromatic N) is 3. The van der Waals surface area contributed by atoms with Crippen LogP contribution in [0, 0.1) is 19.7 Å². The minimum Gasteiger partial charge on any atom is -0.494 e. The summed E-state index contributed by atoms with van der Waals surface area (Å²) in [6, 6.07) is 4.87. The predicted octanol–water partition coefficient (Wildman–Crippen LogP) is 5.27. The molecule has 8 heteroatoms. The van der Waals surface area contributed by atoms with Crippen molar-refractivity contribution in [3.8, 4) is 5.75 Å². The molecule has 1 aromatic carbocycles. The molecule has 3 aromatic heterocycles. The van der Waals surface area contributed by atoms with E-state index in [4.69, 9.17) is 16.3 Å². The lowest BCUT2D eigenvalue weighted by Crippen LogP contribution is -2.02. The number of fused-ring (bicyclic) bond motifs is 3. The molecular formula is C19H16ClFN4OS. The Kier molecular flexibility index (Phi) is 4.57. The third kappa shape index (κ3) is 3.17. The number of anilines is 1. The van der Waals surface area contributed by atoms with Gasteiger partial charge in [-0.15, -0.1) is 11.3 Å². The van der Waals surface area contributed by atoms with Gasteiger partial charge in [0.15, 0.2) is 11.6 Å². The standard InChI is InChI=1S/C19H16ClFN4OS/c1-9-15-16-12(20)8-23-18(17(16)27-19(15)25-10(2)24-9)22-7-11-4-5-14(26-3)13(21)6-11/h4-6,8H,7H2,1-3H3,(H,22,23). The fourth-order valence-corrected chi connectivity index (χ4v) is 4.63. The number of hydrogen-bond donors (Lipinski definition) is 1. The number of pyridine rings is 1. The van der Waals surface area contributed by atoms with Crippen LogP contribution < -0.4 is 10.1 Å². The van der Waals surface area contributed by atoms with Crippen LogP contribution in [0.15, 0.2) is 24.4 Å². The number of nitrogens with one attached hydrogen (secondary N) is 1. The van der Waals surface area contributed by atoms with Gasteiger partial charge in [-0.3, -0.25) is 0 Å². The molecule has 1 N–H and O–H groups in total. The SMILES string of the molecule is COc1ccc(CNc2ncc(Cl)c3c2sc2nc(C)nc(C)c23)cc1F. The van der Waals surface area contributed by atoms with Crippen molar-refractivity contribution in [2.24, 2.45) is 0 Å². The highest BCUT2D eigenvalue weighted by Crippen LogP contribution is 2.41. The van der Waals surface area contributed by atoms with Crippen molar-refractivity contribution in [3.63, 3.8) is 0 Å². The van der Waals surface area contributed by atoms with E-state index in [0.29, 0.717) is 17.4 Å². The van der Waals surface area contributed by atoms with E-state index < -0.39 is 5.82 Å². The van der Waals surface area contributed by atoms with Crippen LogP contribution in [0.1, 0.15) is 17.1 Å². The Balaban J connectivity index is 1.75. The lowest BCUT2D eigenvalue weighted by Gasteiger charge is -2.09. The number of ether oxygens (including phenoxy) is 1. The fraction of sp³-hybridized carbons (Fsp3) is 0.211. The fourth-order valence-electron chi connectivity index (χ4n) is 3.07. The second kappa shape index (κ2) is 6.90. The number of hydrogen-bond acceptors (Lipinski definition) is 6. The Morgan fingerprint density at radius 3 is 2.78 bits per heavy atom. The van der Waals surface area contributed by atoms with Crippen molar-refractivity contribution in [3.05, 3.63) is 52.3 Å². The maximum atomic E-state index is 13.9. The highest BCUT2D eigenvalue weighted by molar-refractivity contribution is 7.26. The molecule has 0 spiro atoms. The van der Waals surface area contributed by atoms with Gasteiger partial charge in [-0.2, -0.15) is 0 Å². The summed E-state index contributed by atoms with van der Waals surface area (Å²) >= 11 is 7.95. The second-order valence-electron chi connectivity index (χ2n) is 6.12. The topological polar surface area (TPSA) is 59.9 Å². The third-order valence-corrected chi connectivity index (χ3v) is 5.66. The molecular weight excluding hydrogens is 387 g/mol. The zero-order valence-electron chi connectivity index (χ0n) is 14.9. The lowest BCUT2D eigenvalue weighted by molar-refractivity contribution is 0.386. The highest BCUT2D eigenvalue weighted by Gasteiger charge is 2.17. The summed E-state index contributed by atoms with van der Waals surface area (Å²) in [5.41, 5.74) is 1.67. The number of methoxy groups -OCH3 is 1. The van der Waals surface area contributed by atoms with Crippen LogP contribution in [-0.2, 0) is 6.54 Å². The first-order chi connectivity index (χ1) is 13.0. The third-order valence-electron chi connectivity index (χ3n) is 4.28. The molecule has 0 atom stereocenters. The Labute approximate surface area is 164 Å². The van der Waals surface area contributed by atoms with Crippen LogP contribution >= 0.6 is 22.9 Å². The molecule has 0 aliphatic heterocycles. The summed E-state index contributed by atoms with van der Waals surface area (Å²) in [4.78, 5) is 14.3. The van der Waals surface area contributed by atoms with Crippen molar-refractivity contribution >= 4 is 49.1 Å². The first-order valence-corrected chi connectivity index (χ1v) is 9.45. The van der Waals surface area contributed by atoms with E-state index in [1.54, 1.807) is 12.3 Å². The highest BCUT2D eigenvalue weighted by atomic mass is 35.5. The molecule has 27 heavy (non-hydrogen) atoms. The number of thiophene rings is 1. The van der Waals surface area contributed by atoms with E-state index in [-0.39, 0.29) is 5.75 Å². The molecule has 0 saturated carbocycles. The monoisotopic (exact) mass is 402 g/mol. The molecule has 0 bridgehead atoms. The summed E-state index contributed by atoms with van der Waals surface area (Å²) in [5.74, 6) is 1.23. The van der Waals surface area contributed by atoms with E-state index in [1.165, 1.54) is 24.5 Å². The molecule has 0 amide bonds. The minimum atomic E-state index is -0.394. The van der Waals surface area contributed by atoms with E-state index in [0.717, 1.165) is 37.4 Å². The van der Waals surface area contributed by atoms with Crippen LogP contribution in [0.4, 0.5) is 10.2 Å². The Morgan fingerprint density at radius 2 is 2.04 bits per heavy atom. The van der Waals surface area contributed by atoms with Gasteiger partial charge in [0.25, 0.3) is 0 Å². The van der Waals surface area contributed by atoms with Crippen LogP contribution in [0.3, 0.4) is 0 Å². The first kappa shape index (κ1) is 17.9. The zero-order valence-corrected chi connectivity index (χ0v) is 16.5. The smallest absolute Gasteiger partial charge is 0.165 e. The van der Waals surface area contributed by atoms with E-state index in [2.05, 4.69) is 20.3 Å². The maximum Gasteiger partial charge on any atom is 0.165 e. The largest absolute Gasteiger partial charge is 0.494 e. The summed E-state index contributed by atoms with van der Waals surface area (Å²) < 4.78 is 19.8. The van der Waals surface area contributed by atoms with E-state index >= 15 is 0 Å². The van der Waals surface area contributed by atoms with Crippen LogP contribution in [0.2, 0.25) is 5.02 Å². The van der Waals surface area contributed by atoms with Gasteiger partial charge in [-0.1, -0.05) is 17.7 Å². The second-order valence-corrected chi connectivity index (χ2v) is 7.53. The number of aryl methyl sites for hydroxylation is 2. The average Bonchev–Trinajstić information content (AvgIpc) is 3.01. The molecule has 0 saturated heterocycles. The molecule has 3 heterocycles. The summed E-state index contributed by atoms with van der Waals surface area (Å²) in [6.07, 6.45) is 1.62. The van der Waals surface area contributed by atoms with Crippen LogP contribution in [0.5, 0.6) is 5.75 Å². The molecule has 4 aromatic rings. The lowest BCUT2D eigenvalue weighted by atomic mass is 10.2. The maximum absolute atomic E-state index is 13.9. The average molecular weight is 403 g/mol. The van der Waals surface area contributed by atoms with Gasteiger partial charge in [0.1, 0.15) is 16.5 Å². The van der Waals surface area contributed by atoms with Crippen LogP contribution in [0.25, 0.3) is 20.3 Å². The van der Waals surface area contributed by atoms with Gasteiger partial charge >= 0.3 is 0 Å². The molecule has 138 valence electrons. The number of aromatic nitrogens is 3. The van der Waals surface area contributed by atoms with Gasteiger partial charge in [0.05, 0.1) is 22.5 Å². The number of benzene rings is 1. The summed E-state index contributed by atoms with van der Waals surface area (Å²) in [5, 5.41) is 5.69. The zero-order chi connectivity index (χ0) is 19.1. The quantitative estimate of drug-likeness (QED) is 0.504. The van der Waals surface area contributed by atoms with Gasteiger partial charge in [0, 0.05) is 23.5 Å². The van der Waals surface area contributed by atoms with Gasteiger partial charge in [-0.05, 0) is 31.5 Å². The molecule has 5 nitrogen and oxygen atoms in total. The number of halogens is 2.